The fraction of sp³-hybridized carbons (Fsp3) is 0.455. The fourth-order valence-electron chi connectivity index (χ4n) is 3.29. The summed E-state index contributed by atoms with van der Waals surface area (Å²) in [4.78, 5) is 30.2. The molecule has 29 heavy (non-hydrogen) atoms. The van der Waals surface area contributed by atoms with Gasteiger partial charge in [0.05, 0.1) is 5.54 Å². The Kier molecular flexibility index (Phi) is 7.96. The van der Waals surface area contributed by atoms with Gasteiger partial charge in [0, 0.05) is 19.7 Å². The number of imidazole rings is 1. The number of aromatic nitrogens is 2. The summed E-state index contributed by atoms with van der Waals surface area (Å²) in [5, 5.41) is 14.5. The van der Waals surface area contributed by atoms with Gasteiger partial charge in [-0.2, -0.15) is 5.26 Å². The van der Waals surface area contributed by atoms with Crippen molar-refractivity contribution in [3.63, 3.8) is 0 Å². The van der Waals surface area contributed by atoms with Gasteiger partial charge in [-0.1, -0.05) is 29.9 Å². The maximum Gasteiger partial charge on any atom is 0.287 e. The monoisotopic (exact) mass is 395 g/mol. The third kappa shape index (κ3) is 7.07. The minimum atomic E-state index is -0.524. The molecule has 0 aliphatic heterocycles. The zero-order valence-electron chi connectivity index (χ0n) is 17.3. The molecule has 0 fully saturated rings. The number of nitriles is 1. The molecule has 7 heteroatoms. The highest BCUT2D eigenvalue weighted by Gasteiger charge is 2.22. The van der Waals surface area contributed by atoms with Crippen molar-refractivity contribution in [1.82, 2.24) is 20.6 Å². The van der Waals surface area contributed by atoms with Crippen LogP contribution in [0, 0.1) is 11.3 Å². The topological polar surface area (TPSA) is 111 Å². The second kappa shape index (κ2) is 10.4. The molecule has 7 nitrogen and oxygen atoms in total. The quantitative estimate of drug-likeness (QED) is 0.463. The highest BCUT2D eigenvalue weighted by Crippen LogP contribution is 2.24. The molecule has 154 valence electrons. The Morgan fingerprint density at radius 1 is 1.38 bits per heavy atom. The van der Waals surface area contributed by atoms with Crippen LogP contribution < -0.4 is 10.6 Å². The van der Waals surface area contributed by atoms with E-state index >= 15 is 0 Å². The maximum absolute atomic E-state index is 12.1. The normalized spacial score (nSPS) is 15.0. The number of H-pyrrole nitrogens is 1. The summed E-state index contributed by atoms with van der Waals surface area (Å²) in [6, 6.07) is 1.87. The van der Waals surface area contributed by atoms with Crippen LogP contribution >= 0.6 is 0 Å². The molecule has 0 spiro atoms. The average Bonchev–Trinajstić information content (AvgIpc) is 3.16. The Hall–Kier alpha value is -3.14. The smallest absolute Gasteiger partial charge is 0.287 e. The van der Waals surface area contributed by atoms with Crippen LogP contribution in [0.15, 0.2) is 41.6 Å². The first kappa shape index (κ1) is 22.2. The van der Waals surface area contributed by atoms with Crippen molar-refractivity contribution in [3.05, 3.63) is 53.2 Å². The molecule has 2 amide bonds. The van der Waals surface area contributed by atoms with Crippen LogP contribution in [-0.2, 0) is 4.79 Å². The lowest BCUT2D eigenvalue weighted by Crippen LogP contribution is -2.43. The number of aromatic amines is 1. The highest BCUT2D eigenvalue weighted by molar-refractivity contribution is 5.90. The predicted octanol–water partition coefficient (Wildman–Crippen LogP) is 3.30. The Morgan fingerprint density at radius 2 is 2.17 bits per heavy atom. The van der Waals surface area contributed by atoms with Gasteiger partial charge >= 0.3 is 0 Å². The zero-order chi connectivity index (χ0) is 21.3. The van der Waals surface area contributed by atoms with Crippen LogP contribution in [0.2, 0.25) is 0 Å². The first-order valence-electron chi connectivity index (χ1n) is 9.89. The molecule has 0 saturated carbocycles. The van der Waals surface area contributed by atoms with Gasteiger partial charge in [-0.3, -0.25) is 9.59 Å². The lowest BCUT2D eigenvalue weighted by atomic mass is 9.90. The largest absolute Gasteiger partial charge is 0.347 e. The van der Waals surface area contributed by atoms with Crippen LogP contribution in [0.3, 0.4) is 0 Å². The Morgan fingerprint density at radius 3 is 2.79 bits per heavy atom. The van der Waals surface area contributed by atoms with E-state index < -0.39 is 5.54 Å². The molecule has 0 aromatic carbocycles. The first-order valence-corrected chi connectivity index (χ1v) is 9.89. The van der Waals surface area contributed by atoms with E-state index in [4.69, 9.17) is 5.26 Å². The molecular formula is C22H29N5O2. The number of hydrogen-bond acceptors (Lipinski definition) is 4. The number of rotatable bonds is 8. The molecule has 2 rings (SSSR count). The van der Waals surface area contributed by atoms with E-state index in [1.807, 2.05) is 32.1 Å². The van der Waals surface area contributed by atoms with Crippen molar-refractivity contribution < 1.29 is 9.59 Å². The van der Waals surface area contributed by atoms with Gasteiger partial charge in [0.2, 0.25) is 5.91 Å². The third-order valence-corrected chi connectivity index (χ3v) is 4.76. The molecule has 0 unspecified atom stereocenters. The molecule has 1 heterocycles. The van der Waals surface area contributed by atoms with Crippen LogP contribution in [0.1, 0.15) is 69.2 Å². The van der Waals surface area contributed by atoms with Gasteiger partial charge in [-0.05, 0) is 51.5 Å². The summed E-state index contributed by atoms with van der Waals surface area (Å²) in [6.07, 6.45) is 15.2. The Bertz CT molecular complexity index is 868. The van der Waals surface area contributed by atoms with E-state index in [-0.39, 0.29) is 23.3 Å². The van der Waals surface area contributed by atoms with Crippen molar-refractivity contribution in [2.45, 2.75) is 58.4 Å². The highest BCUT2D eigenvalue weighted by atomic mass is 16.2. The Labute approximate surface area is 172 Å². The summed E-state index contributed by atoms with van der Waals surface area (Å²) < 4.78 is 0. The lowest BCUT2D eigenvalue weighted by Gasteiger charge is -2.28. The summed E-state index contributed by atoms with van der Waals surface area (Å²) in [5.41, 5.74) is 2.06. The summed E-state index contributed by atoms with van der Waals surface area (Å²) in [7, 11) is 0. The summed E-state index contributed by atoms with van der Waals surface area (Å²) >= 11 is 0. The van der Waals surface area contributed by atoms with E-state index in [0.717, 1.165) is 24.8 Å². The molecule has 0 saturated heterocycles. The summed E-state index contributed by atoms with van der Waals surface area (Å²) in [5.74, 6) is -0.366. The minimum absolute atomic E-state index is 0.0920. The van der Waals surface area contributed by atoms with Crippen LogP contribution in [0.25, 0.3) is 0 Å². The van der Waals surface area contributed by atoms with Gasteiger partial charge in [0.15, 0.2) is 11.5 Å². The van der Waals surface area contributed by atoms with Crippen molar-refractivity contribution >= 4 is 11.8 Å². The lowest BCUT2D eigenvalue weighted by molar-refractivity contribution is -0.120. The van der Waals surface area contributed by atoms with E-state index in [0.29, 0.717) is 6.54 Å². The van der Waals surface area contributed by atoms with Crippen molar-refractivity contribution in [2.24, 2.45) is 0 Å². The van der Waals surface area contributed by atoms with Crippen molar-refractivity contribution in [1.29, 1.82) is 5.26 Å². The molecule has 3 N–H and O–H groups in total. The maximum atomic E-state index is 12.1. The van der Waals surface area contributed by atoms with E-state index in [2.05, 4.69) is 32.8 Å². The van der Waals surface area contributed by atoms with Gasteiger partial charge in [0.1, 0.15) is 6.07 Å². The third-order valence-electron chi connectivity index (χ3n) is 4.76. The number of hydrogen-bond donors (Lipinski definition) is 3. The second-order valence-corrected chi connectivity index (χ2v) is 7.64. The standard InChI is InChI=1S/C22H29N5O2/c1-16(28)27-22(2,3)18(12-11-17-8-5-4-6-9-17)10-7-13-24-21(29)20-25-15-19(14-23)26-20/h7-8,10,12,15H,4-6,9,11,13H2,1-3H3,(H,24,29)(H,25,26)(H,27,28)/b10-7-,18-12+. The van der Waals surface area contributed by atoms with Crippen molar-refractivity contribution in [3.8, 4) is 6.07 Å². The van der Waals surface area contributed by atoms with Gasteiger partial charge in [-0.15, -0.1) is 0 Å². The Balaban J connectivity index is 2.03. The predicted molar refractivity (Wildman–Crippen MR) is 112 cm³/mol. The summed E-state index contributed by atoms with van der Waals surface area (Å²) in [6.45, 7) is 5.73. The van der Waals surface area contributed by atoms with E-state index in [1.54, 1.807) is 0 Å². The van der Waals surface area contributed by atoms with Crippen LogP contribution in [-0.4, -0.2) is 33.9 Å². The number of allylic oxidation sites excluding steroid dienone is 3. The van der Waals surface area contributed by atoms with Crippen LogP contribution in [0.4, 0.5) is 0 Å². The minimum Gasteiger partial charge on any atom is -0.347 e. The number of nitrogens with zero attached hydrogens (tertiary/aromatic N) is 2. The number of amides is 2. The number of nitrogens with one attached hydrogen (secondary N) is 3. The molecule has 0 radical (unpaired) electrons. The average molecular weight is 396 g/mol. The molecule has 1 aromatic rings. The molecule has 0 bridgehead atoms. The zero-order valence-corrected chi connectivity index (χ0v) is 17.3. The van der Waals surface area contributed by atoms with Gasteiger partial charge < -0.3 is 15.6 Å². The molecule has 1 aromatic heterocycles. The van der Waals surface area contributed by atoms with Crippen LogP contribution in [0.5, 0.6) is 0 Å². The molecular weight excluding hydrogens is 366 g/mol. The van der Waals surface area contributed by atoms with Gasteiger partial charge in [-0.25, -0.2) is 4.98 Å². The van der Waals surface area contributed by atoms with Gasteiger partial charge in [0.25, 0.3) is 5.91 Å². The SMILES string of the molecule is CC(=O)NC(C)(C)C(/C=C\CNC(=O)c1nc(C#N)c[nH]1)=C/CC1=CCCCC1. The van der Waals surface area contributed by atoms with E-state index in [9.17, 15) is 9.59 Å². The number of carbonyl (C=O) groups is 2. The van der Waals surface area contributed by atoms with E-state index in [1.165, 1.54) is 31.5 Å². The molecule has 0 atom stereocenters. The number of carbonyl (C=O) groups excluding carboxylic acids is 2. The fourth-order valence-corrected chi connectivity index (χ4v) is 3.29. The first-order chi connectivity index (χ1) is 13.8. The molecule has 1 aliphatic rings. The van der Waals surface area contributed by atoms with Crippen molar-refractivity contribution in [2.75, 3.05) is 6.54 Å². The second-order valence-electron chi connectivity index (χ2n) is 7.64. The molecule has 1 aliphatic carbocycles.